The number of carbonyl (C=O) groups is 3. The van der Waals surface area contributed by atoms with Crippen LogP contribution in [0.2, 0.25) is 0 Å². The molecule has 29 heavy (non-hydrogen) atoms. The number of aliphatic hydroxyl groups excluding tert-OH is 1. The molecule has 0 aromatic rings. The topological polar surface area (TPSA) is 80.7 Å². The van der Waals surface area contributed by atoms with E-state index >= 15 is 0 Å². The van der Waals surface area contributed by atoms with Crippen LogP contribution in [0.4, 0.5) is 0 Å². The molecule has 0 aromatic heterocycles. The summed E-state index contributed by atoms with van der Waals surface area (Å²) >= 11 is 0. The minimum atomic E-state index is -1.05. The van der Waals surface area contributed by atoms with Crippen LogP contribution in [0.1, 0.15) is 66.2 Å². The molecule has 158 valence electrons. The zero-order valence-corrected chi connectivity index (χ0v) is 17.9. The smallest absolute Gasteiger partial charge is 0.303 e. The largest absolute Gasteiger partial charge is 0.451 e. The quantitative estimate of drug-likeness (QED) is 0.733. The van der Waals surface area contributed by atoms with Crippen molar-refractivity contribution in [1.29, 1.82) is 0 Å². The molecule has 0 aliphatic heterocycles. The van der Waals surface area contributed by atoms with Gasteiger partial charge in [0.25, 0.3) is 0 Å². The Balaban J connectivity index is 1.81. The maximum atomic E-state index is 12.8. The SMILES string of the molecule is CC(=O)OC1(C(C)=O)CCC2C3C=C(CO)C4=CC(=O)CCC4(C)C3CCC21C. The lowest BCUT2D eigenvalue weighted by molar-refractivity contribution is -0.185. The summed E-state index contributed by atoms with van der Waals surface area (Å²) in [6.07, 6.45) is 8.41. The van der Waals surface area contributed by atoms with Gasteiger partial charge in [0.2, 0.25) is 0 Å². The third-order valence-electron chi connectivity index (χ3n) is 8.88. The van der Waals surface area contributed by atoms with Crippen molar-refractivity contribution in [3.8, 4) is 0 Å². The summed E-state index contributed by atoms with van der Waals surface area (Å²) in [6.45, 7) is 7.22. The van der Waals surface area contributed by atoms with Crippen LogP contribution < -0.4 is 0 Å². The molecule has 2 fully saturated rings. The molecule has 1 N–H and O–H groups in total. The molecule has 0 heterocycles. The molecule has 4 rings (SSSR count). The average molecular weight is 401 g/mol. The van der Waals surface area contributed by atoms with Crippen LogP contribution in [-0.4, -0.2) is 34.9 Å². The second kappa shape index (κ2) is 6.63. The maximum Gasteiger partial charge on any atom is 0.303 e. The fourth-order valence-corrected chi connectivity index (χ4v) is 7.45. The third-order valence-corrected chi connectivity index (χ3v) is 8.88. The van der Waals surface area contributed by atoms with Gasteiger partial charge in [-0.2, -0.15) is 0 Å². The fourth-order valence-electron chi connectivity index (χ4n) is 7.45. The highest BCUT2D eigenvalue weighted by Crippen LogP contribution is 2.67. The summed E-state index contributed by atoms with van der Waals surface area (Å²) in [5.41, 5.74) is 0.276. The van der Waals surface area contributed by atoms with Crippen LogP contribution in [0.5, 0.6) is 0 Å². The Kier molecular flexibility index (Phi) is 4.69. The first-order chi connectivity index (χ1) is 13.6. The lowest BCUT2D eigenvalue weighted by Gasteiger charge is -2.58. The van der Waals surface area contributed by atoms with Crippen molar-refractivity contribution >= 4 is 17.5 Å². The highest BCUT2D eigenvalue weighted by molar-refractivity contribution is 5.93. The minimum absolute atomic E-state index is 0.0617. The maximum absolute atomic E-state index is 12.8. The van der Waals surface area contributed by atoms with Gasteiger partial charge in [-0.15, -0.1) is 0 Å². The molecule has 4 aliphatic rings. The van der Waals surface area contributed by atoms with Crippen LogP contribution >= 0.6 is 0 Å². The van der Waals surface area contributed by atoms with Gasteiger partial charge in [0.05, 0.1) is 6.61 Å². The first kappa shape index (κ1) is 20.5. The average Bonchev–Trinajstić information content (AvgIpc) is 2.95. The van der Waals surface area contributed by atoms with Crippen LogP contribution in [0.15, 0.2) is 23.3 Å². The van der Waals surface area contributed by atoms with E-state index in [0.29, 0.717) is 18.8 Å². The Morgan fingerprint density at radius 1 is 1.14 bits per heavy atom. The lowest BCUT2D eigenvalue weighted by Crippen LogP contribution is -2.58. The van der Waals surface area contributed by atoms with E-state index in [0.717, 1.165) is 36.8 Å². The molecular formula is C24H32O5. The van der Waals surface area contributed by atoms with E-state index in [1.807, 2.05) is 0 Å². The van der Waals surface area contributed by atoms with Gasteiger partial charge in [0.1, 0.15) is 0 Å². The van der Waals surface area contributed by atoms with Gasteiger partial charge in [-0.25, -0.2) is 0 Å². The first-order valence-corrected chi connectivity index (χ1v) is 10.9. The van der Waals surface area contributed by atoms with Crippen molar-refractivity contribution in [2.45, 2.75) is 71.8 Å². The summed E-state index contributed by atoms with van der Waals surface area (Å²) in [5, 5.41) is 10.1. The Bertz CT molecular complexity index is 838. The number of carbonyl (C=O) groups excluding carboxylic acids is 3. The van der Waals surface area contributed by atoms with Crippen LogP contribution in [-0.2, 0) is 19.1 Å². The zero-order chi connectivity index (χ0) is 21.2. The molecule has 0 saturated heterocycles. The van der Waals surface area contributed by atoms with E-state index in [-0.39, 0.29) is 35.4 Å². The van der Waals surface area contributed by atoms with Gasteiger partial charge in [-0.3, -0.25) is 14.4 Å². The van der Waals surface area contributed by atoms with E-state index in [1.54, 1.807) is 13.0 Å². The summed E-state index contributed by atoms with van der Waals surface area (Å²) < 4.78 is 5.80. The van der Waals surface area contributed by atoms with E-state index in [2.05, 4.69) is 19.9 Å². The normalized spacial score (nSPS) is 43.5. The lowest BCUT2D eigenvalue weighted by atomic mass is 9.47. The van der Waals surface area contributed by atoms with Crippen molar-refractivity contribution in [3.05, 3.63) is 23.3 Å². The molecule has 0 spiro atoms. The van der Waals surface area contributed by atoms with Crippen molar-refractivity contribution in [3.63, 3.8) is 0 Å². The van der Waals surface area contributed by atoms with Crippen molar-refractivity contribution < 1.29 is 24.2 Å². The highest BCUT2D eigenvalue weighted by atomic mass is 16.6. The van der Waals surface area contributed by atoms with Gasteiger partial charge < -0.3 is 9.84 Å². The Labute approximate surface area is 172 Å². The number of ketones is 2. The molecule has 2 saturated carbocycles. The van der Waals surface area contributed by atoms with E-state index in [9.17, 15) is 19.5 Å². The Morgan fingerprint density at radius 2 is 1.83 bits per heavy atom. The molecular weight excluding hydrogens is 368 g/mol. The summed E-state index contributed by atoms with van der Waals surface area (Å²) in [6, 6.07) is 0. The number of ether oxygens (including phenoxy) is 1. The monoisotopic (exact) mass is 400 g/mol. The Morgan fingerprint density at radius 3 is 2.45 bits per heavy atom. The molecule has 5 nitrogen and oxygen atoms in total. The van der Waals surface area contributed by atoms with Crippen molar-refractivity contribution in [1.82, 2.24) is 0 Å². The molecule has 6 atom stereocenters. The van der Waals surface area contributed by atoms with Gasteiger partial charge in [-0.1, -0.05) is 19.9 Å². The molecule has 4 aliphatic carbocycles. The van der Waals surface area contributed by atoms with E-state index < -0.39 is 17.0 Å². The fraction of sp³-hybridized carbons (Fsp3) is 0.708. The summed E-state index contributed by atoms with van der Waals surface area (Å²) in [4.78, 5) is 36.8. The van der Waals surface area contributed by atoms with Gasteiger partial charge >= 0.3 is 5.97 Å². The number of Topliss-reactive ketones (excluding diaryl/α,β-unsaturated/α-hetero) is 1. The minimum Gasteiger partial charge on any atom is -0.451 e. The summed E-state index contributed by atoms with van der Waals surface area (Å²) in [7, 11) is 0. The van der Waals surface area contributed by atoms with Crippen LogP contribution in [0, 0.1) is 28.6 Å². The van der Waals surface area contributed by atoms with E-state index in [1.165, 1.54) is 6.92 Å². The molecule has 0 bridgehead atoms. The number of esters is 1. The molecule has 0 amide bonds. The molecule has 0 aromatic carbocycles. The number of rotatable bonds is 3. The Hall–Kier alpha value is -1.75. The number of fused-ring (bicyclic) bond motifs is 5. The molecule has 6 unspecified atom stereocenters. The third kappa shape index (κ3) is 2.66. The second-order valence-corrected chi connectivity index (χ2v) is 10.1. The number of hydrogen-bond acceptors (Lipinski definition) is 5. The standard InChI is InChI=1S/C24H32O5/c1-14(26)24(29-15(2)27)10-7-20-18-11-16(13-25)21-12-17(28)5-8-22(21,3)19(18)6-9-23(20,24)4/h11-12,18-20,25H,5-10,13H2,1-4H3. The van der Waals surface area contributed by atoms with Gasteiger partial charge in [0, 0.05) is 18.8 Å². The van der Waals surface area contributed by atoms with Gasteiger partial charge in [0.15, 0.2) is 17.2 Å². The predicted molar refractivity (Wildman–Crippen MR) is 108 cm³/mol. The van der Waals surface area contributed by atoms with Gasteiger partial charge in [-0.05, 0) is 79.4 Å². The predicted octanol–water partition coefficient (Wildman–Crippen LogP) is 3.55. The summed E-state index contributed by atoms with van der Waals surface area (Å²) in [5.74, 6) is 0.471. The van der Waals surface area contributed by atoms with Crippen LogP contribution in [0.3, 0.4) is 0 Å². The molecule has 5 heteroatoms. The van der Waals surface area contributed by atoms with Crippen LogP contribution in [0.25, 0.3) is 0 Å². The van der Waals surface area contributed by atoms with Crippen molar-refractivity contribution in [2.24, 2.45) is 28.6 Å². The highest BCUT2D eigenvalue weighted by Gasteiger charge is 2.67. The number of hydrogen-bond donors (Lipinski definition) is 1. The van der Waals surface area contributed by atoms with E-state index in [4.69, 9.17) is 4.74 Å². The zero-order valence-electron chi connectivity index (χ0n) is 17.9. The first-order valence-electron chi connectivity index (χ1n) is 10.9. The number of aliphatic hydroxyl groups is 1. The molecule has 0 radical (unpaired) electrons. The second-order valence-electron chi connectivity index (χ2n) is 10.1. The van der Waals surface area contributed by atoms with Crippen molar-refractivity contribution in [2.75, 3.05) is 6.61 Å². The number of allylic oxidation sites excluding steroid dienone is 2.